The van der Waals surface area contributed by atoms with Gasteiger partial charge in [0.25, 0.3) is 0 Å². The molecular weight excluding hydrogens is 344 g/mol. The van der Waals surface area contributed by atoms with Crippen LogP contribution in [-0.4, -0.2) is 39.4 Å². The van der Waals surface area contributed by atoms with Crippen molar-refractivity contribution in [1.82, 2.24) is 15.1 Å². The molecule has 7 nitrogen and oxygen atoms in total. The molecule has 0 bridgehead atoms. The number of carboxylic acids is 1. The molecule has 2 aromatic rings. The van der Waals surface area contributed by atoms with E-state index in [9.17, 15) is 14.7 Å². The number of benzene rings is 1. The van der Waals surface area contributed by atoms with Gasteiger partial charge in [-0.1, -0.05) is 38.5 Å². The molecule has 0 radical (unpaired) electrons. The lowest BCUT2D eigenvalue weighted by Crippen LogP contribution is -2.42. The highest BCUT2D eigenvalue weighted by molar-refractivity contribution is 5.92. The SMILES string of the molecule is CC[C@H](C)[C@H](NCCC(=O)Nc1c(C)nn(-c2ccccc2)c1C)C(=O)O. The van der Waals surface area contributed by atoms with Gasteiger partial charge in [-0.25, -0.2) is 4.68 Å². The van der Waals surface area contributed by atoms with Gasteiger partial charge in [0.2, 0.25) is 5.91 Å². The van der Waals surface area contributed by atoms with Gasteiger partial charge in [0.1, 0.15) is 6.04 Å². The van der Waals surface area contributed by atoms with Crippen molar-refractivity contribution in [3.63, 3.8) is 0 Å². The number of anilines is 1. The van der Waals surface area contributed by atoms with E-state index >= 15 is 0 Å². The van der Waals surface area contributed by atoms with Crippen molar-refractivity contribution in [2.24, 2.45) is 5.92 Å². The van der Waals surface area contributed by atoms with Crippen molar-refractivity contribution in [2.45, 2.75) is 46.6 Å². The maximum absolute atomic E-state index is 12.3. The molecule has 7 heteroatoms. The van der Waals surface area contributed by atoms with E-state index < -0.39 is 12.0 Å². The first-order valence-electron chi connectivity index (χ1n) is 9.22. The molecule has 0 unspecified atom stereocenters. The first kappa shape index (κ1) is 20.6. The Bertz CT molecular complexity index is 786. The van der Waals surface area contributed by atoms with Gasteiger partial charge >= 0.3 is 5.97 Å². The summed E-state index contributed by atoms with van der Waals surface area (Å²) in [6.45, 7) is 7.90. The lowest BCUT2D eigenvalue weighted by atomic mass is 9.99. The van der Waals surface area contributed by atoms with Crippen LogP contribution in [0.1, 0.15) is 38.1 Å². The molecule has 0 aliphatic rings. The second-order valence-corrected chi connectivity index (χ2v) is 6.75. The average Bonchev–Trinajstić information content (AvgIpc) is 2.93. The largest absolute Gasteiger partial charge is 0.480 e. The molecule has 0 aliphatic heterocycles. The highest BCUT2D eigenvalue weighted by Gasteiger charge is 2.23. The number of para-hydroxylation sites is 1. The summed E-state index contributed by atoms with van der Waals surface area (Å²) in [5, 5.41) is 19.7. The fraction of sp³-hybridized carbons (Fsp3) is 0.450. The van der Waals surface area contributed by atoms with Crippen LogP contribution in [0.4, 0.5) is 5.69 Å². The zero-order valence-electron chi connectivity index (χ0n) is 16.3. The van der Waals surface area contributed by atoms with E-state index in [2.05, 4.69) is 15.7 Å². The van der Waals surface area contributed by atoms with Gasteiger partial charge in [0, 0.05) is 13.0 Å². The molecule has 1 aromatic heterocycles. The fourth-order valence-corrected chi connectivity index (χ4v) is 2.95. The highest BCUT2D eigenvalue weighted by Crippen LogP contribution is 2.22. The van der Waals surface area contributed by atoms with Crippen molar-refractivity contribution in [3.05, 3.63) is 41.7 Å². The number of carboxylic acid groups (broad SMARTS) is 1. The molecule has 0 fully saturated rings. The smallest absolute Gasteiger partial charge is 0.320 e. The number of hydrogen-bond acceptors (Lipinski definition) is 4. The van der Waals surface area contributed by atoms with Gasteiger partial charge in [-0.15, -0.1) is 0 Å². The lowest BCUT2D eigenvalue weighted by molar-refractivity contribution is -0.141. The second kappa shape index (κ2) is 9.32. The molecule has 2 atom stereocenters. The van der Waals surface area contributed by atoms with Crippen molar-refractivity contribution in [3.8, 4) is 5.69 Å². The number of hydrogen-bond donors (Lipinski definition) is 3. The minimum absolute atomic E-state index is 0.000783. The predicted molar refractivity (Wildman–Crippen MR) is 105 cm³/mol. The Morgan fingerprint density at radius 1 is 1.22 bits per heavy atom. The molecule has 0 aliphatic carbocycles. The molecule has 27 heavy (non-hydrogen) atoms. The number of carbonyl (C=O) groups excluding carboxylic acids is 1. The molecule has 0 spiro atoms. The normalized spacial score (nSPS) is 13.2. The lowest BCUT2D eigenvalue weighted by Gasteiger charge is -2.20. The van der Waals surface area contributed by atoms with Gasteiger partial charge in [0.05, 0.1) is 22.8 Å². The number of nitrogens with zero attached hydrogens (tertiary/aromatic N) is 2. The zero-order chi connectivity index (χ0) is 20.0. The second-order valence-electron chi connectivity index (χ2n) is 6.75. The summed E-state index contributed by atoms with van der Waals surface area (Å²) in [4.78, 5) is 23.6. The van der Waals surface area contributed by atoms with Crippen LogP contribution in [0.15, 0.2) is 30.3 Å². The van der Waals surface area contributed by atoms with Crippen LogP contribution in [-0.2, 0) is 9.59 Å². The van der Waals surface area contributed by atoms with Gasteiger partial charge in [0.15, 0.2) is 0 Å². The minimum Gasteiger partial charge on any atom is -0.480 e. The van der Waals surface area contributed by atoms with E-state index in [0.717, 1.165) is 23.5 Å². The zero-order valence-corrected chi connectivity index (χ0v) is 16.3. The molecule has 146 valence electrons. The Labute approximate surface area is 159 Å². The van der Waals surface area contributed by atoms with Gasteiger partial charge in [-0.05, 0) is 31.9 Å². The van der Waals surface area contributed by atoms with Crippen LogP contribution in [0.25, 0.3) is 5.69 Å². The van der Waals surface area contributed by atoms with Crippen LogP contribution in [0, 0.1) is 19.8 Å². The van der Waals surface area contributed by atoms with Crippen LogP contribution in [0.3, 0.4) is 0 Å². The Hall–Kier alpha value is -2.67. The molecule has 1 aromatic carbocycles. The minimum atomic E-state index is -0.888. The third-order valence-corrected chi connectivity index (χ3v) is 4.75. The van der Waals surface area contributed by atoms with E-state index in [-0.39, 0.29) is 18.2 Å². The maximum Gasteiger partial charge on any atom is 0.320 e. The summed E-state index contributed by atoms with van der Waals surface area (Å²) in [6, 6.07) is 9.07. The Morgan fingerprint density at radius 3 is 2.48 bits per heavy atom. The van der Waals surface area contributed by atoms with E-state index in [1.54, 1.807) is 4.68 Å². The van der Waals surface area contributed by atoms with E-state index in [1.807, 2.05) is 58.0 Å². The summed E-state index contributed by atoms with van der Waals surface area (Å²) in [6.07, 6.45) is 0.947. The summed E-state index contributed by atoms with van der Waals surface area (Å²) in [5.41, 5.74) is 3.21. The monoisotopic (exact) mass is 372 g/mol. The molecule has 3 N–H and O–H groups in total. The summed E-state index contributed by atoms with van der Waals surface area (Å²) in [7, 11) is 0. The molecule has 2 rings (SSSR count). The highest BCUT2D eigenvalue weighted by atomic mass is 16.4. The van der Waals surface area contributed by atoms with Crippen LogP contribution >= 0.6 is 0 Å². The van der Waals surface area contributed by atoms with Crippen molar-refractivity contribution in [1.29, 1.82) is 0 Å². The third-order valence-electron chi connectivity index (χ3n) is 4.75. The van der Waals surface area contributed by atoms with E-state index in [0.29, 0.717) is 12.2 Å². The summed E-state index contributed by atoms with van der Waals surface area (Å²) < 4.78 is 1.80. The van der Waals surface area contributed by atoms with Crippen LogP contribution in [0.5, 0.6) is 0 Å². The standard InChI is InChI=1S/C20H28N4O3/c1-5-13(2)18(20(26)27)21-12-11-17(25)22-19-14(3)23-24(15(19)4)16-9-7-6-8-10-16/h6-10,13,18,21H,5,11-12H2,1-4H3,(H,22,25)(H,26,27)/t13-,18-/m0/s1. The van der Waals surface area contributed by atoms with Crippen molar-refractivity contribution in [2.75, 3.05) is 11.9 Å². The third kappa shape index (κ3) is 5.17. The summed E-state index contributed by atoms with van der Waals surface area (Å²) >= 11 is 0. The Morgan fingerprint density at radius 2 is 1.89 bits per heavy atom. The van der Waals surface area contributed by atoms with Gasteiger partial charge in [-0.2, -0.15) is 5.10 Å². The molecule has 1 amide bonds. The van der Waals surface area contributed by atoms with Gasteiger partial charge < -0.3 is 15.7 Å². The van der Waals surface area contributed by atoms with Gasteiger partial charge in [-0.3, -0.25) is 9.59 Å². The van der Waals surface area contributed by atoms with Crippen molar-refractivity contribution < 1.29 is 14.7 Å². The molecule has 1 heterocycles. The number of amides is 1. The number of carbonyl (C=O) groups is 2. The van der Waals surface area contributed by atoms with Crippen LogP contribution < -0.4 is 10.6 Å². The quantitative estimate of drug-likeness (QED) is 0.629. The fourth-order valence-electron chi connectivity index (χ4n) is 2.95. The molecule has 0 saturated heterocycles. The number of aliphatic carboxylic acids is 1. The topological polar surface area (TPSA) is 96.3 Å². The molecular formula is C20H28N4O3. The summed E-state index contributed by atoms with van der Waals surface area (Å²) in [5.74, 6) is -1.06. The molecule has 0 saturated carbocycles. The number of rotatable bonds is 9. The van der Waals surface area contributed by atoms with Crippen molar-refractivity contribution >= 4 is 17.6 Å². The van der Waals surface area contributed by atoms with Crippen LogP contribution in [0.2, 0.25) is 0 Å². The first-order chi connectivity index (χ1) is 12.8. The average molecular weight is 372 g/mol. The van der Waals surface area contributed by atoms with E-state index in [4.69, 9.17) is 0 Å². The number of aromatic nitrogens is 2. The number of aryl methyl sites for hydroxylation is 1. The Kier molecular flexibility index (Phi) is 7.12. The maximum atomic E-state index is 12.3. The number of nitrogens with one attached hydrogen (secondary N) is 2. The predicted octanol–water partition coefficient (Wildman–Crippen LogP) is 2.91. The Balaban J connectivity index is 1.98. The van der Waals surface area contributed by atoms with E-state index in [1.165, 1.54) is 0 Å². The first-order valence-corrected chi connectivity index (χ1v) is 9.22.